The fourth-order valence-corrected chi connectivity index (χ4v) is 9.01. The number of quaternary nitrogens is 1. The van der Waals surface area contributed by atoms with Gasteiger partial charge in [-0.2, -0.15) is 0 Å². The van der Waals surface area contributed by atoms with Gasteiger partial charge in [-0.1, -0.05) is 271 Å². The number of phosphoric ester groups is 1. The lowest BCUT2D eigenvalue weighted by atomic mass is 10.1. The van der Waals surface area contributed by atoms with Crippen molar-refractivity contribution in [1.29, 1.82) is 0 Å². The van der Waals surface area contributed by atoms with E-state index >= 15 is 0 Å². The maximum atomic E-state index is 12.9. The van der Waals surface area contributed by atoms with Gasteiger partial charge in [0.1, 0.15) is 19.8 Å². The molecule has 0 aromatic rings. The molecule has 10 heteroatoms. The van der Waals surface area contributed by atoms with Crippen LogP contribution < -0.4 is 4.89 Å². The molecular weight excluding hydrogens is 1130 g/mol. The minimum atomic E-state index is -4.67. The Kier molecular flexibility index (Phi) is 63.4. The fraction of sp³-hybridized carbons (Fsp3) is 0.525. The molecule has 0 heterocycles. The highest BCUT2D eigenvalue weighted by molar-refractivity contribution is 7.45. The predicted octanol–water partition coefficient (Wildman–Crippen LogP) is 22.2. The molecule has 0 bridgehead atoms. The fourth-order valence-electron chi connectivity index (χ4n) is 8.29. The van der Waals surface area contributed by atoms with E-state index in [-0.39, 0.29) is 26.1 Å². The van der Waals surface area contributed by atoms with Crippen molar-refractivity contribution < 1.29 is 42.1 Å². The van der Waals surface area contributed by atoms with Gasteiger partial charge >= 0.3 is 11.9 Å². The second-order valence-electron chi connectivity index (χ2n) is 23.1. The van der Waals surface area contributed by atoms with E-state index in [1.807, 2.05) is 21.1 Å². The van der Waals surface area contributed by atoms with E-state index < -0.39 is 32.5 Å². The molecule has 0 fully saturated rings. The average molecular weight is 1260 g/mol. The first-order valence-electron chi connectivity index (χ1n) is 34.4. The Balaban J connectivity index is 4.23. The van der Waals surface area contributed by atoms with Gasteiger partial charge in [0.15, 0.2) is 6.10 Å². The van der Waals surface area contributed by atoms with Crippen molar-refractivity contribution in [3.63, 3.8) is 0 Å². The number of esters is 2. The summed E-state index contributed by atoms with van der Waals surface area (Å²) in [7, 11) is 1.10. The monoisotopic (exact) mass is 1260 g/mol. The first-order chi connectivity index (χ1) is 44.0. The van der Waals surface area contributed by atoms with Gasteiger partial charge in [-0.15, -0.1) is 0 Å². The van der Waals surface area contributed by atoms with E-state index in [0.29, 0.717) is 23.9 Å². The molecule has 0 radical (unpaired) electrons. The number of nitrogens with zero attached hydrogens (tertiary/aromatic N) is 1. The van der Waals surface area contributed by atoms with Crippen LogP contribution in [0.1, 0.15) is 219 Å². The average Bonchev–Trinajstić information content (AvgIpc) is 3.62. The van der Waals surface area contributed by atoms with Gasteiger partial charge in [0.05, 0.1) is 27.7 Å². The minimum Gasteiger partial charge on any atom is -0.756 e. The Hall–Kier alpha value is -5.67. The maximum Gasteiger partial charge on any atom is 0.306 e. The molecular formula is C80H124NO8P. The summed E-state index contributed by atoms with van der Waals surface area (Å²) < 4.78 is 34.2. The summed E-state index contributed by atoms with van der Waals surface area (Å²) in [5, 5.41) is 0. The van der Waals surface area contributed by atoms with Crippen molar-refractivity contribution >= 4 is 19.8 Å². The van der Waals surface area contributed by atoms with E-state index in [1.165, 1.54) is 6.42 Å². The molecule has 0 rings (SSSR count). The molecule has 0 aromatic heterocycles. The summed E-state index contributed by atoms with van der Waals surface area (Å²) in [6.07, 6.45) is 109. The zero-order valence-corrected chi connectivity index (χ0v) is 57.9. The predicted molar refractivity (Wildman–Crippen MR) is 387 cm³/mol. The number of likely N-dealkylation sites (N-methyl/N-ethyl adjacent to an activating group) is 1. The second kappa shape index (κ2) is 67.7. The Labute approximate surface area is 550 Å². The van der Waals surface area contributed by atoms with Gasteiger partial charge in [0.25, 0.3) is 7.82 Å². The molecule has 2 unspecified atom stereocenters. The molecule has 0 spiro atoms. The first-order valence-corrected chi connectivity index (χ1v) is 35.9. The molecule has 9 nitrogen and oxygen atoms in total. The number of allylic oxidation sites excluding steroid dienone is 36. The van der Waals surface area contributed by atoms with Gasteiger partial charge < -0.3 is 27.9 Å². The molecule has 2 atom stereocenters. The third kappa shape index (κ3) is 71.4. The van der Waals surface area contributed by atoms with Crippen LogP contribution in [-0.4, -0.2) is 70.0 Å². The van der Waals surface area contributed by atoms with E-state index in [1.54, 1.807) is 0 Å². The summed E-state index contributed by atoms with van der Waals surface area (Å²) in [5.41, 5.74) is 0. The van der Waals surface area contributed by atoms with E-state index in [0.717, 1.165) is 173 Å². The number of ether oxygens (including phenoxy) is 2. The van der Waals surface area contributed by atoms with Crippen molar-refractivity contribution in [2.45, 2.75) is 225 Å². The Morgan fingerprint density at radius 2 is 0.600 bits per heavy atom. The maximum absolute atomic E-state index is 12.9. The van der Waals surface area contributed by atoms with E-state index in [4.69, 9.17) is 18.5 Å². The van der Waals surface area contributed by atoms with Crippen LogP contribution in [-0.2, 0) is 32.7 Å². The van der Waals surface area contributed by atoms with Crippen LogP contribution in [0.2, 0.25) is 0 Å². The van der Waals surface area contributed by atoms with Gasteiger partial charge in [-0.3, -0.25) is 14.2 Å². The molecule has 0 amide bonds. The van der Waals surface area contributed by atoms with Crippen LogP contribution in [0, 0.1) is 0 Å². The summed E-state index contributed by atoms with van der Waals surface area (Å²) in [6, 6.07) is 0. The summed E-state index contributed by atoms with van der Waals surface area (Å²) in [6.45, 7) is 3.92. The number of hydrogen-bond donors (Lipinski definition) is 0. The third-order valence-corrected chi connectivity index (χ3v) is 14.5. The molecule has 0 aliphatic carbocycles. The van der Waals surface area contributed by atoms with Crippen molar-refractivity contribution in [2.24, 2.45) is 0 Å². The highest BCUT2D eigenvalue weighted by Crippen LogP contribution is 2.38. The van der Waals surface area contributed by atoms with Crippen LogP contribution in [0.4, 0.5) is 0 Å². The normalized spacial score (nSPS) is 14.5. The van der Waals surface area contributed by atoms with Crippen molar-refractivity contribution in [2.75, 3.05) is 47.5 Å². The van der Waals surface area contributed by atoms with Crippen molar-refractivity contribution in [1.82, 2.24) is 0 Å². The van der Waals surface area contributed by atoms with Crippen molar-refractivity contribution in [3.05, 3.63) is 219 Å². The molecule has 502 valence electrons. The molecule has 90 heavy (non-hydrogen) atoms. The molecule has 0 aliphatic heterocycles. The number of hydrogen-bond acceptors (Lipinski definition) is 8. The summed E-state index contributed by atoms with van der Waals surface area (Å²) in [5.74, 6) is -0.904. The number of phosphoric acid groups is 1. The Morgan fingerprint density at radius 3 is 0.900 bits per heavy atom. The SMILES string of the molecule is CC/C=C\C/C=C\C/C=C\C/C=C\C/C=C\C/C=C\C/C=C\C/C=C\C/C=C\C/C=C\C/C=C\CCCCCCCCCC(=O)OC(COC(=O)CCCCC/C=C\C/C=C\C/C=C\C/C=C\C/C=C\C/C=C\C/C=C\CC)COP(=O)([O-])OCC[N+](C)(C)C. The van der Waals surface area contributed by atoms with Crippen molar-refractivity contribution in [3.8, 4) is 0 Å². The van der Waals surface area contributed by atoms with Crippen LogP contribution in [0.25, 0.3) is 0 Å². The topological polar surface area (TPSA) is 111 Å². The molecule has 0 aliphatic rings. The van der Waals surface area contributed by atoms with Gasteiger partial charge in [0.2, 0.25) is 0 Å². The standard InChI is InChI=1S/C80H124NO8P/c1-6-8-10-12-14-16-18-20-22-24-26-28-30-32-33-34-35-36-37-38-39-40-41-42-43-44-45-46-47-49-51-53-55-57-59-61-63-65-67-69-71-73-80(83)89-78(77-88-90(84,85)87-75-74-81(3,4)5)76-86-79(82)72-70-68-66-64-62-60-58-56-54-52-50-48-31-29-27-25-23-21-19-17-15-13-11-9-7-2/h8-11,14-17,20-23,26-29,32-33,35-36,38-39,41-42,44-45,47-50,53-56,60,62,78H,6-7,12-13,18-19,24-25,30-31,34,37,40,43,46,51-52,57-59,61,63-77H2,1-5H3/b10-8-,11-9-,16-14-,17-15-,22-20-,23-21-,28-26-,29-27-,33-32-,36-35-,39-38-,42-41-,45-44-,49-47-,50-48-,55-53-,56-54-,62-60-. The highest BCUT2D eigenvalue weighted by Gasteiger charge is 2.22. The Bertz CT molecular complexity index is 2320. The number of carbonyl (C=O) groups is 2. The minimum absolute atomic E-state index is 0.0518. The largest absolute Gasteiger partial charge is 0.756 e. The summed E-state index contributed by atoms with van der Waals surface area (Å²) in [4.78, 5) is 38.0. The van der Waals surface area contributed by atoms with E-state index in [9.17, 15) is 19.0 Å². The van der Waals surface area contributed by atoms with Crippen LogP contribution in [0.15, 0.2) is 219 Å². The van der Waals surface area contributed by atoms with Gasteiger partial charge in [-0.05, 0) is 154 Å². The Morgan fingerprint density at radius 1 is 0.344 bits per heavy atom. The lowest BCUT2D eigenvalue weighted by Crippen LogP contribution is -2.37. The quantitative estimate of drug-likeness (QED) is 0.0195. The first kappa shape index (κ1) is 84.3. The zero-order valence-electron chi connectivity index (χ0n) is 57.0. The molecule has 0 saturated carbocycles. The summed E-state index contributed by atoms with van der Waals surface area (Å²) >= 11 is 0. The molecule has 0 saturated heterocycles. The highest BCUT2D eigenvalue weighted by atomic mass is 31.2. The van der Waals surface area contributed by atoms with Crippen LogP contribution >= 0.6 is 7.82 Å². The van der Waals surface area contributed by atoms with Gasteiger partial charge in [0, 0.05) is 12.8 Å². The number of unbranched alkanes of at least 4 members (excludes halogenated alkanes) is 10. The third-order valence-electron chi connectivity index (χ3n) is 13.5. The second-order valence-corrected chi connectivity index (χ2v) is 24.5. The number of carbonyl (C=O) groups excluding carboxylic acids is 2. The zero-order chi connectivity index (χ0) is 65.5. The molecule has 0 aromatic carbocycles. The van der Waals surface area contributed by atoms with Crippen LogP contribution in [0.5, 0.6) is 0 Å². The smallest absolute Gasteiger partial charge is 0.306 e. The molecule has 0 N–H and O–H groups in total. The lowest BCUT2D eigenvalue weighted by molar-refractivity contribution is -0.870. The van der Waals surface area contributed by atoms with Gasteiger partial charge in [-0.25, -0.2) is 0 Å². The lowest BCUT2D eigenvalue weighted by Gasteiger charge is -2.28. The number of rotatable bonds is 60. The van der Waals surface area contributed by atoms with E-state index in [2.05, 4.69) is 233 Å². The van der Waals surface area contributed by atoms with Crippen LogP contribution in [0.3, 0.4) is 0 Å².